The third-order valence-corrected chi connectivity index (χ3v) is 2.85. The lowest BCUT2D eigenvalue weighted by molar-refractivity contribution is -0.131. The summed E-state index contributed by atoms with van der Waals surface area (Å²) in [5, 5.41) is 0. The molecule has 0 saturated heterocycles. The van der Waals surface area contributed by atoms with Gasteiger partial charge in [0.1, 0.15) is 6.61 Å². The van der Waals surface area contributed by atoms with Crippen molar-refractivity contribution >= 4 is 5.78 Å². The van der Waals surface area contributed by atoms with Crippen LogP contribution in [-0.4, -0.2) is 24.0 Å². The molecule has 0 bridgehead atoms. The van der Waals surface area contributed by atoms with Crippen LogP contribution in [0.3, 0.4) is 0 Å². The molecule has 0 aliphatic heterocycles. The number of Topliss-reactive ketones (excluding diaryl/α,β-unsaturated/α-hetero) is 1. The van der Waals surface area contributed by atoms with Crippen LogP contribution in [0.4, 0.5) is 0 Å². The molecular formula is C11H21NO2. The molecular weight excluding hydrogens is 178 g/mol. The summed E-state index contributed by atoms with van der Waals surface area (Å²) in [5.41, 5.74) is 5.47. The van der Waals surface area contributed by atoms with Crippen LogP contribution in [0, 0.1) is 0 Å². The molecule has 0 aromatic rings. The van der Waals surface area contributed by atoms with Crippen molar-refractivity contribution in [1.82, 2.24) is 0 Å². The topological polar surface area (TPSA) is 52.3 Å². The quantitative estimate of drug-likeness (QED) is 0.749. The first kappa shape index (κ1) is 11.7. The van der Waals surface area contributed by atoms with E-state index in [0.29, 0.717) is 0 Å². The number of ether oxygens (including phenoxy) is 1. The van der Waals surface area contributed by atoms with E-state index in [1.54, 1.807) is 0 Å². The minimum absolute atomic E-state index is 0.0749. The fourth-order valence-corrected chi connectivity index (χ4v) is 1.85. The monoisotopic (exact) mass is 199 g/mol. The highest BCUT2D eigenvalue weighted by Gasteiger charge is 2.34. The Bertz CT molecular complexity index is 195. The van der Waals surface area contributed by atoms with Crippen LogP contribution in [0.25, 0.3) is 0 Å². The highest BCUT2D eigenvalue weighted by Crippen LogP contribution is 2.26. The van der Waals surface area contributed by atoms with Gasteiger partial charge in [0.25, 0.3) is 0 Å². The number of nitrogens with two attached hydrogens (primary N) is 1. The van der Waals surface area contributed by atoms with Crippen molar-refractivity contribution < 1.29 is 9.53 Å². The summed E-state index contributed by atoms with van der Waals surface area (Å²) >= 11 is 0. The molecule has 0 aromatic carbocycles. The predicted octanol–water partition coefficient (Wildman–Crippen LogP) is 1.64. The van der Waals surface area contributed by atoms with Crippen LogP contribution >= 0.6 is 0 Å². The first-order valence-electron chi connectivity index (χ1n) is 5.48. The Morgan fingerprint density at radius 3 is 2.43 bits per heavy atom. The van der Waals surface area contributed by atoms with Gasteiger partial charge in [-0.3, -0.25) is 4.79 Å². The van der Waals surface area contributed by atoms with Crippen LogP contribution in [-0.2, 0) is 9.53 Å². The summed E-state index contributed by atoms with van der Waals surface area (Å²) in [6.45, 7) is 4.03. The number of rotatable bonds is 4. The van der Waals surface area contributed by atoms with Crippen LogP contribution in [0.1, 0.15) is 46.0 Å². The molecule has 0 spiro atoms. The summed E-state index contributed by atoms with van der Waals surface area (Å²) in [6, 6.07) is 0. The average molecular weight is 199 g/mol. The maximum absolute atomic E-state index is 11.8. The number of hydrogen-bond donors (Lipinski definition) is 1. The third kappa shape index (κ3) is 3.07. The lowest BCUT2D eigenvalue weighted by Gasteiger charge is -2.31. The Morgan fingerprint density at radius 2 is 1.93 bits per heavy atom. The van der Waals surface area contributed by atoms with E-state index in [4.69, 9.17) is 10.5 Å². The minimum Gasteiger partial charge on any atom is -0.371 e. The third-order valence-electron chi connectivity index (χ3n) is 2.85. The molecule has 0 amide bonds. The standard InChI is InChI=1S/C11H21NO2/c1-9(2)14-8-10(13)11(12)6-4-3-5-7-11/h9H,3-8,12H2,1-2H3. The largest absolute Gasteiger partial charge is 0.371 e. The van der Waals surface area contributed by atoms with Gasteiger partial charge in [0, 0.05) is 0 Å². The molecule has 14 heavy (non-hydrogen) atoms. The van der Waals surface area contributed by atoms with Gasteiger partial charge in [0.05, 0.1) is 11.6 Å². The lowest BCUT2D eigenvalue weighted by atomic mass is 9.79. The van der Waals surface area contributed by atoms with Gasteiger partial charge in [-0.2, -0.15) is 0 Å². The minimum atomic E-state index is -0.590. The highest BCUT2D eigenvalue weighted by atomic mass is 16.5. The Morgan fingerprint density at radius 1 is 1.36 bits per heavy atom. The Kier molecular flexibility index (Phi) is 4.08. The maximum Gasteiger partial charge on any atom is 0.178 e. The van der Waals surface area contributed by atoms with Crippen LogP contribution < -0.4 is 5.73 Å². The molecule has 1 rings (SSSR count). The van der Waals surface area contributed by atoms with Gasteiger partial charge in [0.15, 0.2) is 5.78 Å². The summed E-state index contributed by atoms with van der Waals surface area (Å²) < 4.78 is 5.29. The van der Waals surface area contributed by atoms with Gasteiger partial charge in [-0.1, -0.05) is 19.3 Å². The molecule has 1 aliphatic carbocycles. The van der Waals surface area contributed by atoms with Crippen molar-refractivity contribution in [3.8, 4) is 0 Å². The van der Waals surface area contributed by atoms with Crippen molar-refractivity contribution in [3.63, 3.8) is 0 Å². The van der Waals surface area contributed by atoms with Gasteiger partial charge in [-0.25, -0.2) is 0 Å². The molecule has 3 nitrogen and oxygen atoms in total. The number of carbonyl (C=O) groups is 1. The van der Waals surface area contributed by atoms with E-state index in [-0.39, 0.29) is 18.5 Å². The summed E-state index contributed by atoms with van der Waals surface area (Å²) in [5.74, 6) is 0.0749. The zero-order chi connectivity index (χ0) is 10.6. The fraction of sp³-hybridized carbons (Fsp3) is 0.909. The smallest absolute Gasteiger partial charge is 0.178 e. The van der Waals surface area contributed by atoms with Crippen molar-refractivity contribution in [1.29, 1.82) is 0 Å². The van der Waals surface area contributed by atoms with E-state index >= 15 is 0 Å². The fourth-order valence-electron chi connectivity index (χ4n) is 1.85. The number of carbonyl (C=O) groups excluding carboxylic acids is 1. The number of ketones is 1. The van der Waals surface area contributed by atoms with E-state index < -0.39 is 5.54 Å². The van der Waals surface area contributed by atoms with Gasteiger partial charge in [-0.05, 0) is 26.7 Å². The van der Waals surface area contributed by atoms with E-state index in [1.165, 1.54) is 6.42 Å². The molecule has 2 N–H and O–H groups in total. The molecule has 0 atom stereocenters. The second-order valence-corrected chi connectivity index (χ2v) is 4.50. The highest BCUT2D eigenvalue weighted by molar-refractivity contribution is 5.89. The lowest BCUT2D eigenvalue weighted by Crippen LogP contribution is -2.51. The zero-order valence-electron chi connectivity index (χ0n) is 9.21. The SMILES string of the molecule is CC(C)OCC(=O)C1(N)CCCCC1. The Labute approximate surface area is 86.0 Å². The van der Waals surface area contributed by atoms with Crippen molar-refractivity contribution in [2.45, 2.75) is 57.6 Å². The van der Waals surface area contributed by atoms with E-state index in [1.807, 2.05) is 13.8 Å². The average Bonchev–Trinajstić information content (AvgIpc) is 2.15. The van der Waals surface area contributed by atoms with E-state index in [0.717, 1.165) is 25.7 Å². The molecule has 0 heterocycles. The number of hydrogen-bond acceptors (Lipinski definition) is 3. The molecule has 1 saturated carbocycles. The van der Waals surface area contributed by atoms with Crippen molar-refractivity contribution in [3.05, 3.63) is 0 Å². The zero-order valence-corrected chi connectivity index (χ0v) is 9.21. The molecule has 0 unspecified atom stereocenters. The molecule has 1 fully saturated rings. The summed E-state index contributed by atoms with van der Waals surface area (Å²) in [7, 11) is 0. The first-order valence-corrected chi connectivity index (χ1v) is 5.48. The molecule has 0 aromatic heterocycles. The van der Waals surface area contributed by atoms with Gasteiger partial charge >= 0.3 is 0 Å². The second kappa shape index (κ2) is 4.89. The van der Waals surface area contributed by atoms with Crippen LogP contribution in [0.15, 0.2) is 0 Å². The molecule has 0 radical (unpaired) electrons. The predicted molar refractivity (Wildman–Crippen MR) is 56.1 cm³/mol. The summed E-state index contributed by atoms with van der Waals surface area (Å²) in [4.78, 5) is 11.8. The first-order chi connectivity index (χ1) is 6.54. The Balaban J connectivity index is 2.41. The normalized spacial score (nSPS) is 21.1. The van der Waals surface area contributed by atoms with E-state index in [9.17, 15) is 4.79 Å². The maximum atomic E-state index is 11.8. The van der Waals surface area contributed by atoms with Crippen LogP contribution in [0.2, 0.25) is 0 Å². The van der Waals surface area contributed by atoms with Gasteiger partial charge in [-0.15, -0.1) is 0 Å². The molecule has 3 heteroatoms. The van der Waals surface area contributed by atoms with Crippen molar-refractivity contribution in [2.75, 3.05) is 6.61 Å². The van der Waals surface area contributed by atoms with Crippen LogP contribution in [0.5, 0.6) is 0 Å². The van der Waals surface area contributed by atoms with Gasteiger partial charge < -0.3 is 10.5 Å². The molecule has 1 aliphatic rings. The Hall–Kier alpha value is -0.410. The van der Waals surface area contributed by atoms with Gasteiger partial charge in [0.2, 0.25) is 0 Å². The van der Waals surface area contributed by atoms with E-state index in [2.05, 4.69) is 0 Å². The summed E-state index contributed by atoms with van der Waals surface area (Å²) in [6.07, 6.45) is 5.11. The second-order valence-electron chi connectivity index (χ2n) is 4.50. The van der Waals surface area contributed by atoms with Crippen molar-refractivity contribution in [2.24, 2.45) is 5.73 Å². The molecule has 82 valence electrons.